The average Bonchev–Trinajstić information content (AvgIpc) is 2.84. The zero-order chi connectivity index (χ0) is 17.1. The van der Waals surface area contributed by atoms with Crippen molar-refractivity contribution >= 4 is 56.2 Å². The van der Waals surface area contributed by atoms with Crippen molar-refractivity contribution in [3.05, 3.63) is 39.0 Å². The fraction of sp³-hybridized carbons (Fsp3) is 0.375. The van der Waals surface area contributed by atoms with Gasteiger partial charge >= 0.3 is 0 Å². The molecule has 1 aromatic rings. The Kier molecular flexibility index (Phi) is 6.04. The Balaban J connectivity index is 1.66. The van der Waals surface area contributed by atoms with E-state index in [0.29, 0.717) is 20.2 Å². The highest BCUT2D eigenvalue weighted by molar-refractivity contribution is 9.10. The van der Waals surface area contributed by atoms with Crippen molar-refractivity contribution < 1.29 is 13.9 Å². The van der Waals surface area contributed by atoms with E-state index in [4.69, 9.17) is 17.0 Å². The topological polar surface area (TPSA) is 32.8 Å². The summed E-state index contributed by atoms with van der Waals surface area (Å²) in [5, 5.41) is 0. The van der Waals surface area contributed by atoms with Crippen LogP contribution in [0.2, 0.25) is 0 Å². The number of ether oxygens (including phenoxy) is 1. The molecule has 1 amide bonds. The molecule has 0 unspecified atom stereocenters. The van der Waals surface area contributed by atoms with Gasteiger partial charge in [0.15, 0.2) is 0 Å². The second kappa shape index (κ2) is 8.05. The minimum absolute atomic E-state index is 0.0845. The second-order valence-corrected chi connectivity index (χ2v) is 7.99. The molecule has 2 fully saturated rings. The van der Waals surface area contributed by atoms with Crippen LogP contribution < -0.4 is 0 Å². The third-order valence-corrected chi connectivity index (χ3v) is 5.84. The number of hydrogen-bond acceptors (Lipinski definition) is 5. The van der Waals surface area contributed by atoms with Crippen LogP contribution in [-0.2, 0) is 9.53 Å². The smallest absolute Gasteiger partial charge is 0.266 e. The fourth-order valence-electron chi connectivity index (χ4n) is 2.51. The van der Waals surface area contributed by atoms with E-state index in [1.807, 2.05) is 0 Å². The third kappa shape index (κ3) is 4.23. The highest BCUT2D eigenvalue weighted by Gasteiger charge is 2.32. The fourth-order valence-corrected chi connectivity index (χ4v) is 4.22. The van der Waals surface area contributed by atoms with Crippen LogP contribution in [0.3, 0.4) is 0 Å². The molecule has 2 heterocycles. The summed E-state index contributed by atoms with van der Waals surface area (Å²) in [4.78, 5) is 17.0. The van der Waals surface area contributed by atoms with Crippen LogP contribution in [0.4, 0.5) is 4.39 Å². The summed E-state index contributed by atoms with van der Waals surface area (Å²) in [6.07, 6.45) is 1.75. The minimum Gasteiger partial charge on any atom is -0.379 e. The first-order chi connectivity index (χ1) is 11.5. The summed E-state index contributed by atoms with van der Waals surface area (Å²) in [5.74, 6) is -0.413. The first-order valence-corrected chi connectivity index (χ1v) is 9.57. The molecule has 0 aliphatic carbocycles. The van der Waals surface area contributed by atoms with E-state index in [1.165, 1.54) is 17.8 Å². The van der Waals surface area contributed by atoms with E-state index < -0.39 is 0 Å². The summed E-state index contributed by atoms with van der Waals surface area (Å²) in [5.41, 5.74) is 0.761. The van der Waals surface area contributed by atoms with E-state index in [9.17, 15) is 9.18 Å². The molecule has 4 nitrogen and oxygen atoms in total. The Morgan fingerprint density at radius 1 is 1.33 bits per heavy atom. The van der Waals surface area contributed by atoms with Gasteiger partial charge in [-0.25, -0.2) is 4.39 Å². The number of carbonyl (C=O) groups is 1. The second-order valence-electron chi connectivity index (χ2n) is 5.46. The van der Waals surface area contributed by atoms with E-state index in [2.05, 4.69) is 20.8 Å². The highest BCUT2D eigenvalue weighted by atomic mass is 79.9. The summed E-state index contributed by atoms with van der Waals surface area (Å²) in [6.45, 7) is 4.60. The van der Waals surface area contributed by atoms with E-state index in [-0.39, 0.29) is 11.7 Å². The third-order valence-electron chi connectivity index (χ3n) is 3.86. The number of carbonyl (C=O) groups excluding carboxylic acids is 1. The van der Waals surface area contributed by atoms with E-state index in [1.54, 1.807) is 23.1 Å². The standard InChI is InChI=1S/C16H16BrFN2O2S2/c17-12-9-11(1-2-13(12)18)10-14-15(21)20(16(23)24-14)4-3-19-5-7-22-8-6-19/h1-2,9-10H,3-8H2/b14-10+. The molecule has 2 saturated heterocycles. The Bertz CT molecular complexity index is 693. The van der Waals surface area contributed by atoms with Gasteiger partial charge in [-0.1, -0.05) is 30.0 Å². The van der Waals surface area contributed by atoms with Gasteiger partial charge in [0.1, 0.15) is 10.1 Å². The van der Waals surface area contributed by atoms with Gasteiger partial charge in [-0.05, 0) is 39.7 Å². The van der Waals surface area contributed by atoms with Gasteiger partial charge in [0.05, 0.1) is 22.6 Å². The van der Waals surface area contributed by atoms with Gasteiger partial charge < -0.3 is 4.74 Å². The van der Waals surface area contributed by atoms with Crippen molar-refractivity contribution in [2.75, 3.05) is 39.4 Å². The Morgan fingerprint density at radius 3 is 2.79 bits per heavy atom. The lowest BCUT2D eigenvalue weighted by molar-refractivity contribution is -0.122. The van der Waals surface area contributed by atoms with Gasteiger partial charge in [0, 0.05) is 26.2 Å². The van der Waals surface area contributed by atoms with E-state index >= 15 is 0 Å². The van der Waals surface area contributed by atoms with Crippen molar-refractivity contribution in [1.29, 1.82) is 0 Å². The van der Waals surface area contributed by atoms with Gasteiger partial charge in [-0.15, -0.1) is 0 Å². The molecule has 0 N–H and O–H groups in total. The molecule has 0 aromatic heterocycles. The van der Waals surface area contributed by atoms with Crippen LogP contribution in [0.1, 0.15) is 5.56 Å². The number of nitrogens with zero attached hydrogens (tertiary/aromatic N) is 2. The van der Waals surface area contributed by atoms with E-state index in [0.717, 1.165) is 38.4 Å². The van der Waals surface area contributed by atoms with Crippen LogP contribution in [0.15, 0.2) is 27.6 Å². The average molecular weight is 431 g/mol. The predicted octanol–water partition coefficient (Wildman–Crippen LogP) is 3.12. The van der Waals surface area contributed by atoms with Crippen LogP contribution in [0.25, 0.3) is 6.08 Å². The van der Waals surface area contributed by atoms with Crippen molar-refractivity contribution in [2.45, 2.75) is 0 Å². The largest absolute Gasteiger partial charge is 0.379 e. The Labute approximate surface area is 158 Å². The number of amides is 1. The maximum atomic E-state index is 13.3. The molecule has 1 aromatic carbocycles. The molecule has 0 spiro atoms. The monoisotopic (exact) mass is 430 g/mol. The maximum absolute atomic E-state index is 13.3. The predicted molar refractivity (Wildman–Crippen MR) is 101 cm³/mol. The van der Waals surface area contributed by atoms with Gasteiger partial charge in [0.2, 0.25) is 0 Å². The van der Waals surface area contributed by atoms with Crippen LogP contribution in [-0.4, -0.2) is 59.4 Å². The SMILES string of the molecule is O=C1/C(=C\c2ccc(F)c(Br)c2)SC(=S)N1CCN1CCOCC1. The molecular weight excluding hydrogens is 415 g/mol. The van der Waals surface area contributed by atoms with Crippen LogP contribution >= 0.6 is 39.9 Å². The maximum Gasteiger partial charge on any atom is 0.266 e. The number of thioether (sulfide) groups is 1. The number of morpholine rings is 1. The van der Waals surface area contributed by atoms with Crippen molar-refractivity contribution in [1.82, 2.24) is 9.80 Å². The molecule has 0 atom stereocenters. The summed E-state index contributed by atoms with van der Waals surface area (Å²) in [7, 11) is 0. The number of hydrogen-bond donors (Lipinski definition) is 0. The molecule has 3 rings (SSSR count). The summed E-state index contributed by atoms with van der Waals surface area (Å²) < 4.78 is 19.6. The summed E-state index contributed by atoms with van der Waals surface area (Å²) >= 11 is 9.78. The van der Waals surface area contributed by atoms with Crippen LogP contribution in [0.5, 0.6) is 0 Å². The number of thiocarbonyl (C=S) groups is 1. The Hall–Kier alpha value is -0.800. The van der Waals surface area contributed by atoms with Crippen molar-refractivity contribution in [3.63, 3.8) is 0 Å². The molecular formula is C16H16BrFN2O2S2. The van der Waals surface area contributed by atoms with Crippen LogP contribution in [0, 0.1) is 5.82 Å². The molecule has 2 aliphatic heterocycles. The lowest BCUT2D eigenvalue weighted by atomic mass is 10.2. The van der Waals surface area contributed by atoms with Crippen molar-refractivity contribution in [3.8, 4) is 0 Å². The normalized spacial score (nSPS) is 21.1. The number of benzene rings is 1. The number of halogens is 2. The quantitative estimate of drug-likeness (QED) is 0.541. The first-order valence-electron chi connectivity index (χ1n) is 7.55. The molecule has 0 radical (unpaired) electrons. The molecule has 0 saturated carbocycles. The molecule has 8 heteroatoms. The van der Waals surface area contributed by atoms with Gasteiger partial charge in [0.25, 0.3) is 5.91 Å². The van der Waals surface area contributed by atoms with Gasteiger partial charge in [-0.3, -0.25) is 14.6 Å². The minimum atomic E-state index is -0.329. The Morgan fingerprint density at radius 2 is 2.08 bits per heavy atom. The number of rotatable bonds is 4. The molecule has 2 aliphatic rings. The highest BCUT2D eigenvalue weighted by Crippen LogP contribution is 2.33. The zero-order valence-corrected chi connectivity index (χ0v) is 16.1. The lowest BCUT2D eigenvalue weighted by Gasteiger charge is -2.28. The van der Waals surface area contributed by atoms with Gasteiger partial charge in [-0.2, -0.15) is 0 Å². The first kappa shape index (κ1) is 18.0. The summed E-state index contributed by atoms with van der Waals surface area (Å²) in [6, 6.07) is 4.66. The van der Waals surface area contributed by atoms with Crippen molar-refractivity contribution in [2.24, 2.45) is 0 Å². The molecule has 128 valence electrons. The molecule has 0 bridgehead atoms. The lowest BCUT2D eigenvalue weighted by Crippen LogP contribution is -2.42. The molecule has 24 heavy (non-hydrogen) atoms. The zero-order valence-electron chi connectivity index (χ0n) is 12.8.